The van der Waals surface area contributed by atoms with Gasteiger partial charge in [0, 0.05) is 10.7 Å². The third-order valence-electron chi connectivity index (χ3n) is 1.93. The van der Waals surface area contributed by atoms with E-state index in [9.17, 15) is 17.6 Å². The first-order chi connectivity index (χ1) is 6.69. The number of carboxylic acid groups (broad SMARTS) is 1. The van der Waals surface area contributed by atoms with Crippen LogP contribution in [0, 0.1) is 5.92 Å². The lowest BCUT2D eigenvalue weighted by Gasteiger charge is -2.10. The van der Waals surface area contributed by atoms with E-state index in [0.29, 0.717) is 6.42 Å². The standard InChI is InChI=1S/C8H12ClFO4S/c1-3-5(2)7(8(11)12)6(10)4-15(9,13)14/h5H,3-4H2,1-2H3,(H,11,12)/b7-6-/t5-/m1/s1. The molecule has 0 aromatic rings. The van der Waals surface area contributed by atoms with E-state index in [0.717, 1.165) is 0 Å². The van der Waals surface area contributed by atoms with Gasteiger partial charge in [-0.2, -0.15) is 0 Å². The van der Waals surface area contributed by atoms with Crippen LogP contribution in [0.4, 0.5) is 4.39 Å². The van der Waals surface area contributed by atoms with E-state index in [1.807, 2.05) is 0 Å². The van der Waals surface area contributed by atoms with Crippen molar-refractivity contribution in [3.8, 4) is 0 Å². The monoisotopic (exact) mass is 258 g/mol. The van der Waals surface area contributed by atoms with Crippen molar-refractivity contribution in [3.63, 3.8) is 0 Å². The zero-order valence-corrected chi connectivity index (χ0v) is 9.90. The zero-order chi connectivity index (χ0) is 12.2. The number of carboxylic acids is 1. The summed E-state index contributed by atoms with van der Waals surface area (Å²) in [6.07, 6.45) is 0.400. The van der Waals surface area contributed by atoms with Crippen LogP contribution in [0.1, 0.15) is 20.3 Å². The normalized spacial score (nSPS) is 15.7. The first kappa shape index (κ1) is 14.4. The molecule has 0 aromatic heterocycles. The fraction of sp³-hybridized carbons (Fsp3) is 0.625. The van der Waals surface area contributed by atoms with Gasteiger partial charge in [-0.3, -0.25) is 0 Å². The topological polar surface area (TPSA) is 71.4 Å². The Morgan fingerprint density at radius 3 is 2.27 bits per heavy atom. The van der Waals surface area contributed by atoms with Crippen LogP contribution in [-0.2, 0) is 13.8 Å². The number of hydrogen-bond donors (Lipinski definition) is 1. The fourth-order valence-corrected chi connectivity index (χ4v) is 1.77. The molecule has 0 amide bonds. The highest BCUT2D eigenvalue weighted by Gasteiger charge is 2.23. The van der Waals surface area contributed by atoms with Crippen LogP contribution < -0.4 is 0 Å². The maximum Gasteiger partial charge on any atom is 0.334 e. The highest BCUT2D eigenvalue weighted by molar-refractivity contribution is 8.13. The van der Waals surface area contributed by atoms with Crippen molar-refractivity contribution in [2.45, 2.75) is 20.3 Å². The molecule has 0 saturated heterocycles. The Morgan fingerprint density at radius 1 is 1.53 bits per heavy atom. The van der Waals surface area contributed by atoms with Crippen LogP contribution in [0.15, 0.2) is 11.4 Å². The zero-order valence-electron chi connectivity index (χ0n) is 8.33. The molecule has 0 fully saturated rings. The summed E-state index contributed by atoms with van der Waals surface area (Å²) in [6.45, 7) is 3.18. The van der Waals surface area contributed by atoms with Gasteiger partial charge in [0.2, 0.25) is 9.05 Å². The predicted molar refractivity (Wildman–Crippen MR) is 54.9 cm³/mol. The minimum absolute atomic E-state index is 0.400. The third kappa shape index (κ3) is 5.13. The first-order valence-electron chi connectivity index (χ1n) is 4.23. The second-order valence-electron chi connectivity index (χ2n) is 3.12. The average molecular weight is 259 g/mol. The lowest BCUT2D eigenvalue weighted by Crippen LogP contribution is -2.14. The van der Waals surface area contributed by atoms with E-state index in [-0.39, 0.29) is 0 Å². The summed E-state index contributed by atoms with van der Waals surface area (Å²) in [4.78, 5) is 10.7. The number of aliphatic carboxylic acids is 1. The number of rotatable bonds is 5. The van der Waals surface area contributed by atoms with Crippen LogP contribution >= 0.6 is 10.7 Å². The Bertz CT molecular complexity index is 374. The van der Waals surface area contributed by atoms with E-state index in [4.69, 9.17) is 15.8 Å². The van der Waals surface area contributed by atoms with Gasteiger partial charge in [-0.1, -0.05) is 13.8 Å². The summed E-state index contributed by atoms with van der Waals surface area (Å²) in [5, 5.41) is 8.71. The Hall–Kier alpha value is -0.620. The molecule has 0 rings (SSSR count). The third-order valence-corrected chi connectivity index (χ3v) is 2.85. The predicted octanol–water partition coefficient (Wildman–Crippen LogP) is 1.91. The summed E-state index contributed by atoms with van der Waals surface area (Å²) in [7, 11) is 0.762. The van der Waals surface area contributed by atoms with Crippen molar-refractivity contribution in [1.82, 2.24) is 0 Å². The summed E-state index contributed by atoms with van der Waals surface area (Å²) < 4.78 is 34.4. The van der Waals surface area contributed by atoms with Gasteiger partial charge in [-0.05, 0) is 12.3 Å². The molecule has 4 nitrogen and oxygen atoms in total. The summed E-state index contributed by atoms with van der Waals surface area (Å²) in [5.41, 5.74) is -0.526. The van der Waals surface area contributed by atoms with E-state index in [1.165, 1.54) is 6.92 Å². The Morgan fingerprint density at radius 2 is 2.00 bits per heavy atom. The number of halogens is 2. The van der Waals surface area contributed by atoms with Crippen molar-refractivity contribution in [2.24, 2.45) is 5.92 Å². The minimum Gasteiger partial charge on any atom is -0.478 e. The molecule has 0 unspecified atom stereocenters. The molecule has 0 aliphatic heterocycles. The van der Waals surface area contributed by atoms with E-state index in [2.05, 4.69) is 0 Å². The molecule has 1 N–H and O–H groups in total. The molecule has 15 heavy (non-hydrogen) atoms. The summed E-state index contributed by atoms with van der Waals surface area (Å²) >= 11 is 0. The Balaban J connectivity index is 5.19. The highest BCUT2D eigenvalue weighted by Crippen LogP contribution is 2.21. The molecule has 0 saturated carbocycles. The SMILES string of the molecule is CC[C@@H](C)/C(C(=O)O)=C(/F)CS(=O)(=O)Cl. The Kier molecular flexibility index (Phi) is 5.23. The Labute approximate surface area is 92.2 Å². The lowest BCUT2D eigenvalue weighted by molar-refractivity contribution is -0.133. The van der Waals surface area contributed by atoms with Gasteiger partial charge in [0.15, 0.2) is 0 Å². The van der Waals surface area contributed by atoms with Gasteiger partial charge < -0.3 is 5.11 Å². The summed E-state index contributed by atoms with van der Waals surface area (Å²) in [6, 6.07) is 0. The van der Waals surface area contributed by atoms with Gasteiger partial charge in [-0.15, -0.1) is 0 Å². The van der Waals surface area contributed by atoms with E-state index < -0.39 is 38.1 Å². The second kappa shape index (κ2) is 5.46. The van der Waals surface area contributed by atoms with Crippen molar-refractivity contribution >= 4 is 25.7 Å². The molecule has 0 aliphatic rings. The van der Waals surface area contributed by atoms with Crippen LogP contribution in [0.3, 0.4) is 0 Å². The number of hydrogen-bond acceptors (Lipinski definition) is 3. The van der Waals surface area contributed by atoms with Crippen LogP contribution in [-0.4, -0.2) is 25.2 Å². The second-order valence-corrected chi connectivity index (χ2v) is 5.89. The smallest absolute Gasteiger partial charge is 0.334 e. The first-order valence-corrected chi connectivity index (χ1v) is 6.71. The average Bonchev–Trinajstić information content (AvgIpc) is 1.99. The molecule has 0 aliphatic carbocycles. The highest BCUT2D eigenvalue weighted by atomic mass is 35.7. The van der Waals surface area contributed by atoms with Crippen molar-refractivity contribution in [1.29, 1.82) is 0 Å². The van der Waals surface area contributed by atoms with E-state index in [1.54, 1.807) is 6.92 Å². The van der Waals surface area contributed by atoms with E-state index >= 15 is 0 Å². The maximum absolute atomic E-state index is 13.3. The lowest BCUT2D eigenvalue weighted by atomic mass is 9.98. The maximum atomic E-state index is 13.3. The fourth-order valence-electron chi connectivity index (χ4n) is 1.03. The van der Waals surface area contributed by atoms with Crippen LogP contribution in [0.25, 0.3) is 0 Å². The quantitative estimate of drug-likeness (QED) is 0.604. The molecule has 0 spiro atoms. The molecule has 88 valence electrons. The molecule has 0 bridgehead atoms. The van der Waals surface area contributed by atoms with Gasteiger partial charge in [0.25, 0.3) is 0 Å². The van der Waals surface area contributed by atoms with Crippen LogP contribution in [0.5, 0.6) is 0 Å². The van der Waals surface area contributed by atoms with Gasteiger partial charge >= 0.3 is 5.97 Å². The van der Waals surface area contributed by atoms with Gasteiger partial charge in [0.05, 0.1) is 5.57 Å². The van der Waals surface area contributed by atoms with Gasteiger partial charge in [0.1, 0.15) is 11.6 Å². The molecule has 7 heteroatoms. The molecule has 0 radical (unpaired) electrons. The minimum atomic E-state index is -4.07. The molecule has 1 atom stereocenters. The largest absolute Gasteiger partial charge is 0.478 e. The van der Waals surface area contributed by atoms with Crippen molar-refractivity contribution < 1.29 is 22.7 Å². The van der Waals surface area contributed by atoms with Crippen molar-refractivity contribution in [2.75, 3.05) is 5.75 Å². The van der Waals surface area contributed by atoms with Crippen LogP contribution in [0.2, 0.25) is 0 Å². The van der Waals surface area contributed by atoms with Gasteiger partial charge in [-0.25, -0.2) is 17.6 Å². The number of carbonyl (C=O) groups is 1. The van der Waals surface area contributed by atoms with Crippen molar-refractivity contribution in [3.05, 3.63) is 11.4 Å². The summed E-state index contributed by atoms with van der Waals surface area (Å²) in [5.74, 6) is -4.30. The molecular weight excluding hydrogens is 247 g/mol. The molecule has 0 heterocycles. The molecular formula is C8H12ClFO4S. The molecule has 0 aromatic carbocycles.